The third-order valence-electron chi connectivity index (χ3n) is 13.2. The number of phenolic OH excluding ortho intramolecular Hbond substituents is 2. The molecule has 0 aliphatic carbocycles. The van der Waals surface area contributed by atoms with Crippen LogP contribution in [-0.2, 0) is 57.6 Å². The Kier molecular flexibility index (Phi) is 27.3. The number of carbonyl (C=O) groups is 9. The molecule has 1 aromatic heterocycles. The van der Waals surface area contributed by atoms with Gasteiger partial charge in [0, 0.05) is 48.3 Å². The molecule has 1 aliphatic rings. The molecular weight excluding hydrogens is 1130 g/mol. The van der Waals surface area contributed by atoms with E-state index in [1.54, 1.807) is 43.4 Å². The van der Waals surface area contributed by atoms with Gasteiger partial charge in [0.25, 0.3) is 5.91 Å². The molecule has 83 heavy (non-hydrogen) atoms. The third-order valence-corrected chi connectivity index (χ3v) is 15.9. The second-order valence-electron chi connectivity index (χ2n) is 19.8. The van der Waals surface area contributed by atoms with Gasteiger partial charge >= 0.3 is 0 Å². The van der Waals surface area contributed by atoms with Gasteiger partial charge in [0.15, 0.2) is 0 Å². The van der Waals surface area contributed by atoms with Crippen molar-refractivity contribution >= 4 is 86.4 Å². The number of nitrogens with zero attached hydrogens (tertiary/aromatic N) is 1. The molecule has 0 spiro atoms. The molecule has 2 unspecified atom stereocenters. The van der Waals surface area contributed by atoms with Gasteiger partial charge in [0.05, 0.1) is 17.7 Å². The highest BCUT2D eigenvalue weighted by Gasteiger charge is 2.36. The quantitative estimate of drug-likeness (QED) is 0.0347. The van der Waals surface area contributed by atoms with Crippen LogP contribution in [0.2, 0.25) is 5.02 Å². The summed E-state index contributed by atoms with van der Waals surface area (Å²) in [4.78, 5) is 131. The summed E-state index contributed by atoms with van der Waals surface area (Å²) in [5.41, 5.74) is 14.1. The summed E-state index contributed by atoms with van der Waals surface area (Å²) in [6.07, 6.45) is 2.46. The van der Waals surface area contributed by atoms with Crippen molar-refractivity contribution in [2.75, 3.05) is 31.6 Å². The van der Waals surface area contributed by atoms with Gasteiger partial charge in [-0.15, -0.1) is 0 Å². The fourth-order valence-electron chi connectivity index (χ4n) is 8.48. The van der Waals surface area contributed by atoms with Crippen LogP contribution in [0.4, 0.5) is 0 Å². The van der Waals surface area contributed by atoms with Gasteiger partial charge in [0.2, 0.25) is 47.3 Å². The van der Waals surface area contributed by atoms with Gasteiger partial charge in [0.1, 0.15) is 53.8 Å². The van der Waals surface area contributed by atoms with Gasteiger partial charge < -0.3 is 74.6 Å². The van der Waals surface area contributed by atoms with Crippen LogP contribution in [0.5, 0.6) is 11.5 Å². The summed E-state index contributed by atoms with van der Waals surface area (Å²) in [5.74, 6) is -8.16. The Hall–Kier alpha value is -7.49. The molecule has 1 fully saturated rings. The van der Waals surface area contributed by atoms with Crippen molar-refractivity contribution in [2.45, 2.75) is 119 Å². The molecule has 0 radical (unpaired) electrons. The van der Waals surface area contributed by atoms with Crippen LogP contribution in [-0.4, -0.2) is 160 Å². The van der Waals surface area contributed by atoms with Gasteiger partial charge in [-0.1, -0.05) is 69.6 Å². The Morgan fingerprint density at radius 2 is 1.25 bits per heavy atom. The lowest BCUT2D eigenvalue weighted by atomic mass is 10.0. The number of hydrogen-bond acceptors (Lipinski definition) is 17. The lowest BCUT2D eigenvalue weighted by Gasteiger charge is -2.29. The number of aliphatic hydroxyl groups is 1. The largest absolute Gasteiger partial charge is 0.508 e. The topological polar surface area (TPSA) is 388 Å². The lowest BCUT2D eigenvalue weighted by molar-refractivity contribution is -0.136. The van der Waals surface area contributed by atoms with Crippen LogP contribution in [0.3, 0.4) is 0 Å². The zero-order chi connectivity index (χ0) is 60.4. The summed E-state index contributed by atoms with van der Waals surface area (Å²) in [5, 5.41) is 55.9. The number of benzene rings is 3. The predicted molar refractivity (Wildman–Crippen MR) is 314 cm³/mol. The number of nitrogens with one attached hydrogen (secondary N) is 9. The zero-order valence-electron chi connectivity index (χ0n) is 45.9. The van der Waals surface area contributed by atoms with Crippen molar-refractivity contribution in [1.29, 1.82) is 0 Å². The number of aromatic nitrogens is 1. The number of aliphatic hydroxyl groups excluding tert-OH is 1. The zero-order valence-corrected chi connectivity index (χ0v) is 48.3. The third kappa shape index (κ3) is 22.7. The van der Waals surface area contributed by atoms with Crippen molar-refractivity contribution < 1.29 is 58.5 Å². The highest BCUT2D eigenvalue weighted by atomic mass is 35.5. The molecular formula is C56H73ClN12O12S2. The number of nitrogens with two attached hydrogens (primary N) is 2. The molecule has 16 N–H and O–H groups in total. The first-order valence-corrected chi connectivity index (χ1v) is 29.8. The van der Waals surface area contributed by atoms with E-state index in [1.165, 1.54) is 67.8 Å². The van der Waals surface area contributed by atoms with Gasteiger partial charge in [-0.2, -0.15) is 0 Å². The van der Waals surface area contributed by atoms with E-state index in [0.717, 1.165) is 21.6 Å². The Balaban J connectivity index is 1.53. The molecule has 1 saturated heterocycles. The summed E-state index contributed by atoms with van der Waals surface area (Å²) >= 11 is 6.08. The molecule has 4 aromatic rings. The summed E-state index contributed by atoms with van der Waals surface area (Å²) in [6.45, 7) is 1.93. The Morgan fingerprint density at radius 3 is 1.84 bits per heavy atom. The SMILES string of the molecule is CNCCCC[C@@H]1NC(=O)[C@@H](CCCCNC(=O)c2cccnc2)NC(=O)[C@H](Cc2ccc(O)cc2)NC(=O)[C@H](NC(=O)[C@@H](N)Cc2ccc(Cl)cc2)CSSC[C@@H](C(=O)N[C@H](Cc2ccc(O)cc2)C(N)=O)NC(=O)C(C(C)O)NC1=O. The number of unbranched alkanes of at least 4 members (excludes halogenated alkanes) is 2. The first-order valence-electron chi connectivity index (χ1n) is 26.9. The van der Waals surface area contributed by atoms with Gasteiger partial charge in [-0.3, -0.25) is 48.1 Å². The molecule has 1 aliphatic heterocycles. The standard InChI is InChI=1S/C56H73ClN12O12S2/c1-32(70)47-56(81)68-46(54(79)65-43(48(59)73)27-34-13-19-38(71)20-14-34)31-83-82-30-45(67-50(75)40(58)26-33-11-17-37(57)18-12-33)55(80)66-44(28-35-15-21-39(72)22-16-35)53(78)64-41(10-4-6-25-62-49(74)36-8-7-24-61-29-36)51(76)63-42(52(77)69-47)9-3-5-23-60-2/h7-8,11-22,24,29,32,40-47,60,70-72H,3-6,9-10,23,25-28,30-31,58H2,1-2H3,(H2,59,73)(H,62,74)(H,63,76)(H,64,78)(H,65,79)(H,66,80)(H,67,75)(H,68,81)(H,69,77)/t32?,40-,41+,42-,43+,44-,45+,46-,47?/m0/s1. The van der Waals surface area contributed by atoms with Crippen LogP contribution >= 0.6 is 33.2 Å². The number of rotatable bonds is 23. The minimum atomic E-state index is -1.74. The second kappa shape index (κ2) is 34.2. The molecule has 448 valence electrons. The fraction of sp³-hybridized carbons (Fsp3) is 0.429. The number of carbonyl (C=O) groups excluding carboxylic acids is 9. The van der Waals surface area contributed by atoms with E-state index in [0.29, 0.717) is 53.1 Å². The predicted octanol–water partition coefficient (Wildman–Crippen LogP) is 0.146. The van der Waals surface area contributed by atoms with Crippen molar-refractivity contribution in [3.8, 4) is 11.5 Å². The normalized spacial score (nSPS) is 20.6. The average molecular weight is 1210 g/mol. The number of halogens is 1. The van der Waals surface area contributed by atoms with Crippen molar-refractivity contribution in [3.63, 3.8) is 0 Å². The molecule has 27 heteroatoms. The number of pyridine rings is 1. The molecule has 0 saturated carbocycles. The second-order valence-corrected chi connectivity index (χ2v) is 22.8. The first-order chi connectivity index (χ1) is 39.7. The molecule has 9 amide bonds. The highest BCUT2D eigenvalue weighted by Crippen LogP contribution is 2.24. The molecule has 9 atom stereocenters. The van der Waals surface area contributed by atoms with E-state index in [-0.39, 0.29) is 74.0 Å². The molecule has 2 heterocycles. The maximum atomic E-state index is 14.8. The van der Waals surface area contributed by atoms with E-state index >= 15 is 0 Å². The number of hydrogen-bond donors (Lipinski definition) is 14. The maximum Gasteiger partial charge on any atom is 0.252 e. The van der Waals surface area contributed by atoms with E-state index in [2.05, 4.69) is 52.8 Å². The van der Waals surface area contributed by atoms with Gasteiger partial charge in [-0.25, -0.2) is 0 Å². The summed E-state index contributed by atoms with van der Waals surface area (Å²) in [6, 6.07) is 9.98. The Labute approximate surface area is 493 Å². The smallest absolute Gasteiger partial charge is 0.252 e. The molecule has 0 bridgehead atoms. The minimum Gasteiger partial charge on any atom is -0.508 e. The van der Waals surface area contributed by atoms with Crippen molar-refractivity contribution in [2.24, 2.45) is 11.5 Å². The lowest BCUT2D eigenvalue weighted by Crippen LogP contribution is -2.62. The molecule has 5 rings (SSSR count). The summed E-state index contributed by atoms with van der Waals surface area (Å²) < 4.78 is 0. The van der Waals surface area contributed by atoms with E-state index < -0.39 is 102 Å². The number of primary amides is 1. The average Bonchev–Trinajstić information content (AvgIpc) is 3.56. The monoisotopic (exact) mass is 1200 g/mol. The highest BCUT2D eigenvalue weighted by molar-refractivity contribution is 8.76. The van der Waals surface area contributed by atoms with Crippen LogP contribution in [0.1, 0.15) is 72.5 Å². The van der Waals surface area contributed by atoms with E-state index in [1.807, 2.05) is 0 Å². The van der Waals surface area contributed by atoms with E-state index in [9.17, 15) is 58.5 Å². The molecule has 3 aromatic carbocycles. The Morgan fingerprint density at radius 1 is 0.699 bits per heavy atom. The van der Waals surface area contributed by atoms with Crippen LogP contribution in [0, 0.1) is 0 Å². The Bertz CT molecular complexity index is 2810. The number of amides is 9. The maximum absolute atomic E-state index is 14.8. The van der Waals surface area contributed by atoms with Crippen LogP contribution < -0.4 is 59.3 Å². The minimum absolute atomic E-state index is 0.0128. The fourth-order valence-corrected chi connectivity index (χ4v) is 10.9. The van der Waals surface area contributed by atoms with Gasteiger partial charge in [-0.05, 0) is 131 Å². The summed E-state index contributed by atoms with van der Waals surface area (Å²) in [7, 11) is 3.67. The van der Waals surface area contributed by atoms with E-state index in [4.69, 9.17) is 23.1 Å². The van der Waals surface area contributed by atoms with Crippen LogP contribution in [0.25, 0.3) is 0 Å². The number of aromatic hydroxyl groups is 2. The first kappa shape index (κ1) is 66.3. The molecule has 24 nitrogen and oxygen atoms in total. The van der Waals surface area contributed by atoms with Crippen molar-refractivity contribution in [3.05, 3.63) is 125 Å². The number of phenols is 2. The van der Waals surface area contributed by atoms with Crippen molar-refractivity contribution in [1.82, 2.24) is 52.8 Å². The van der Waals surface area contributed by atoms with Crippen LogP contribution in [0.15, 0.2) is 97.3 Å².